The second-order valence-electron chi connectivity index (χ2n) is 4.44. The van der Waals surface area contributed by atoms with Gasteiger partial charge >= 0.3 is 0 Å². The summed E-state index contributed by atoms with van der Waals surface area (Å²) in [6.45, 7) is 4.54. The number of nitrogens with one attached hydrogen (secondary N) is 1. The molecule has 13 heavy (non-hydrogen) atoms. The fraction of sp³-hybridized carbons (Fsp3) is 1.00. The van der Waals surface area contributed by atoms with Crippen LogP contribution in [0.25, 0.3) is 0 Å². The van der Waals surface area contributed by atoms with Gasteiger partial charge in [-0.15, -0.1) is 0 Å². The monoisotopic (exact) mass is 185 g/mol. The van der Waals surface area contributed by atoms with E-state index in [4.69, 9.17) is 5.11 Å². The van der Waals surface area contributed by atoms with Crippen LogP contribution < -0.4 is 5.32 Å². The summed E-state index contributed by atoms with van der Waals surface area (Å²) in [6, 6.07) is 0.819. The van der Waals surface area contributed by atoms with Crippen LogP contribution in [0, 0.1) is 5.92 Å². The van der Waals surface area contributed by atoms with E-state index in [0.29, 0.717) is 6.04 Å². The summed E-state index contributed by atoms with van der Waals surface area (Å²) in [7, 11) is 0. The molecule has 1 aliphatic rings. The molecule has 0 aromatic carbocycles. The van der Waals surface area contributed by atoms with Crippen molar-refractivity contribution in [3.63, 3.8) is 0 Å². The summed E-state index contributed by atoms with van der Waals surface area (Å²) in [4.78, 5) is 0. The summed E-state index contributed by atoms with van der Waals surface area (Å²) in [6.07, 6.45) is 6.94. The van der Waals surface area contributed by atoms with E-state index in [1.807, 2.05) is 6.92 Å². The average molecular weight is 185 g/mol. The maximum absolute atomic E-state index is 8.92. The first-order valence-electron chi connectivity index (χ1n) is 5.61. The number of rotatable bonds is 4. The van der Waals surface area contributed by atoms with Crippen LogP contribution in [-0.2, 0) is 0 Å². The van der Waals surface area contributed by atoms with Gasteiger partial charge in [0.25, 0.3) is 0 Å². The van der Waals surface area contributed by atoms with Crippen molar-refractivity contribution in [2.24, 2.45) is 5.92 Å². The summed E-state index contributed by atoms with van der Waals surface area (Å²) >= 11 is 0. The number of aliphatic hydroxyl groups excluding tert-OH is 1. The molecule has 78 valence electrons. The first-order chi connectivity index (χ1) is 6.24. The van der Waals surface area contributed by atoms with Crippen LogP contribution in [0.2, 0.25) is 0 Å². The molecule has 0 amide bonds. The Hall–Kier alpha value is -0.0800. The summed E-state index contributed by atoms with van der Waals surface area (Å²) < 4.78 is 0. The highest BCUT2D eigenvalue weighted by molar-refractivity contribution is 4.77. The lowest BCUT2D eigenvalue weighted by molar-refractivity contribution is 0.211. The van der Waals surface area contributed by atoms with Gasteiger partial charge in [-0.3, -0.25) is 0 Å². The van der Waals surface area contributed by atoms with E-state index in [0.717, 1.165) is 5.92 Å². The van der Waals surface area contributed by atoms with E-state index in [2.05, 4.69) is 12.2 Å². The zero-order valence-electron chi connectivity index (χ0n) is 8.92. The third-order valence-corrected chi connectivity index (χ3v) is 3.18. The molecule has 2 heteroatoms. The van der Waals surface area contributed by atoms with Crippen molar-refractivity contribution in [2.75, 3.05) is 6.61 Å². The molecule has 1 aliphatic carbocycles. The molecule has 0 saturated heterocycles. The molecular weight excluding hydrogens is 162 g/mol. The van der Waals surface area contributed by atoms with Crippen LogP contribution in [0.5, 0.6) is 0 Å². The summed E-state index contributed by atoms with van der Waals surface area (Å²) in [5.74, 6) is 0.836. The van der Waals surface area contributed by atoms with E-state index in [-0.39, 0.29) is 12.6 Å². The molecule has 0 heterocycles. The van der Waals surface area contributed by atoms with Gasteiger partial charge in [-0.05, 0) is 32.6 Å². The van der Waals surface area contributed by atoms with Crippen LogP contribution in [0.1, 0.15) is 46.0 Å². The SMILES string of the molecule is C[C@H](N[C@@H](C)CO)C1CCCCC1. The molecule has 0 spiro atoms. The van der Waals surface area contributed by atoms with Crippen molar-refractivity contribution in [3.05, 3.63) is 0 Å². The van der Waals surface area contributed by atoms with Gasteiger partial charge in [0.2, 0.25) is 0 Å². The van der Waals surface area contributed by atoms with Gasteiger partial charge < -0.3 is 10.4 Å². The van der Waals surface area contributed by atoms with Gasteiger partial charge in [-0.25, -0.2) is 0 Å². The van der Waals surface area contributed by atoms with Gasteiger partial charge in [0, 0.05) is 12.1 Å². The van der Waals surface area contributed by atoms with Crippen LogP contribution in [0.15, 0.2) is 0 Å². The zero-order valence-corrected chi connectivity index (χ0v) is 8.92. The Morgan fingerprint density at radius 3 is 2.38 bits per heavy atom. The first kappa shape index (κ1) is 11.0. The minimum Gasteiger partial charge on any atom is -0.395 e. The molecule has 0 aromatic heterocycles. The van der Waals surface area contributed by atoms with Crippen molar-refractivity contribution in [3.8, 4) is 0 Å². The predicted molar refractivity (Wildman–Crippen MR) is 55.7 cm³/mol. The zero-order chi connectivity index (χ0) is 9.68. The minimum absolute atomic E-state index is 0.247. The van der Waals surface area contributed by atoms with Gasteiger partial charge in [0.05, 0.1) is 6.61 Å². The molecule has 0 radical (unpaired) electrons. The smallest absolute Gasteiger partial charge is 0.0582 e. The van der Waals surface area contributed by atoms with Crippen molar-refractivity contribution in [1.82, 2.24) is 5.32 Å². The Labute approximate surface area is 81.7 Å². The van der Waals surface area contributed by atoms with E-state index in [9.17, 15) is 0 Å². The Morgan fingerprint density at radius 2 is 1.85 bits per heavy atom. The third kappa shape index (κ3) is 3.65. The molecule has 0 unspecified atom stereocenters. The Morgan fingerprint density at radius 1 is 1.23 bits per heavy atom. The van der Waals surface area contributed by atoms with Crippen molar-refractivity contribution in [1.29, 1.82) is 0 Å². The standard InChI is InChI=1S/C11H23NO/c1-9(8-13)12-10(2)11-6-4-3-5-7-11/h9-13H,3-8H2,1-2H3/t9-,10-/m0/s1. The van der Waals surface area contributed by atoms with Gasteiger partial charge in [0.15, 0.2) is 0 Å². The Balaban J connectivity index is 2.24. The van der Waals surface area contributed by atoms with Crippen molar-refractivity contribution >= 4 is 0 Å². The lowest BCUT2D eigenvalue weighted by Gasteiger charge is -2.30. The minimum atomic E-state index is 0.247. The lowest BCUT2D eigenvalue weighted by atomic mass is 9.84. The molecule has 0 bridgehead atoms. The third-order valence-electron chi connectivity index (χ3n) is 3.18. The van der Waals surface area contributed by atoms with Crippen LogP contribution in [-0.4, -0.2) is 23.8 Å². The molecular formula is C11H23NO. The highest BCUT2D eigenvalue weighted by atomic mass is 16.3. The second kappa shape index (κ2) is 5.61. The fourth-order valence-electron chi connectivity index (χ4n) is 2.27. The first-order valence-corrected chi connectivity index (χ1v) is 5.61. The van der Waals surface area contributed by atoms with E-state index >= 15 is 0 Å². The highest BCUT2D eigenvalue weighted by Crippen LogP contribution is 2.26. The number of aliphatic hydroxyl groups is 1. The lowest BCUT2D eigenvalue weighted by Crippen LogP contribution is -2.41. The van der Waals surface area contributed by atoms with E-state index in [1.54, 1.807) is 0 Å². The van der Waals surface area contributed by atoms with E-state index in [1.165, 1.54) is 32.1 Å². The number of hydrogen-bond acceptors (Lipinski definition) is 2. The maximum Gasteiger partial charge on any atom is 0.0582 e. The molecule has 0 aliphatic heterocycles. The second-order valence-corrected chi connectivity index (χ2v) is 4.44. The van der Waals surface area contributed by atoms with Crippen LogP contribution >= 0.6 is 0 Å². The predicted octanol–water partition coefficient (Wildman–Crippen LogP) is 1.93. The Kier molecular flexibility index (Phi) is 4.74. The molecule has 2 nitrogen and oxygen atoms in total. The van der Waals surface area contributed by atoms with Crippen molar-refractivity contribution in [2.45, 2.75) is 58.0 Å². The van der Waals surface area contributed by atoms with E-state index < -0.39 is 0 Å². The molecule has 1 rings (SSSR count). The fourth-order valence-corrected chi connectivity index (χ4v) is 2.27. The largest absolute Gasteiger partial charge is 0.395 e. The molecule has 2 atom stereocenters. The van der Waals surface area contributed by atoms with Gasteiger partial charge in [-0.1, -0.05) is 19.3 Å². The molecule has 1 saturated carbocycles. The number of hydrogen-bond donors (Lipinski definition) is 2. The van der Waals surface area contributed by atoms with Crippen LogP contribution in [0.3, 0.4) is 0 Å². The van der Waals surface area contributed by atoms with Gasteiger partial charge in [-0.2, -0.15) is 0 Å². The summed E-state index contributed by atoms with van der Waals surface area (Å²) in [5, 5.41) is 12.4. The maximum atomic E-state index is 8.92. The van der Waals surface area contributed by atoms with Crippen molar-refractivity contribution < 1.29 is 5.11 Å². The highest BCUT2D eigenvalue weighted by Gasteiger charge is 2.20. The van der Waals surface area contributed by atoms with Gasteiger partial charge in [0.1, 0.15) is 0 Å². The molecule has 2 N–H and O–H groups in total. The normalized spacial score (nSPS) is 24.2. The topological polar surface area (TPSA) is 32.3 Å². The molecule has 1 fully saturated rings. The molecule has 0 aromatic rings. The Bertz CT molecular complexity index is 132. The van der Waals surface area contributed by atoms with Crippen LogP contribution in [0.4, 0.5) is 0 Å². The summed E-state index contributed by atoms with van der Waals surface area (Å²) in [5.41, 5.74) is 0. The average Bonchev–Trinajstić information content (AvgIpc) is 2.19. The quantitative estimate of drug-likeness (QED) is 0.701.